The van der Waals surface area contributed by atoms with Crippen molar-refractivity contribution < 1.29 is 14.6 Å². The second-order valence-corrected chi connectivity index (χ2v) is 5.44. The van der Waals surface area contributed by atoms with Crippen LogP contribution in [0.2, 0.25) is 5.02 Å². The first-order valence-corrected chi connectivity index (χ1v) is 7.00. The third kappa shape index (κ3) is 3.20. The number of hydrogen-bond donors (Lipinski definition) is 1. The van der Waals surface area contributed by atoms with Gasteiger partial charge in [0.1, 0.15) is 17.2 Å². The van der Waals surface area contributed by atoms with Gasteiger partial charge < -0.3 is 9.84 Å². The number of aromatic carboxylic acids is 1. The van der Waals surface area contributed by atoms with Gasteiger partial charge in [-0.15, -0.1) is 0 Å². The zero-order valence-corrected chi connectivity index (χ0v) is 12.2. The molecule has 0 unspecified atom stereocenters. The predicted molar refractivity (Wildman–Crippen MR) is 77.2 cm³/mol. The van der Waals surface area contributed by atoms with E-state index in [1.165, 1.54) is 4.57 Å². The number of thiazole rings is 1. The highest BCUT2D eigenvalue weighted by Gasteiger charge is 2.16. The van der Waals surface area contributed by atoms with Gasteiger partial charge >= 0.3 is 10.8 Å². The van der Waals surface area contributed by atoms with E-state index >= 15 is 0 Å². The number of rotatable bonds is 5. The fraction of sp³-hybridized carbons (Fsp3) is 0.231. The van der Waals surface area contributed by atoms with Gasteiger partial charge in [-0.05, 0) is 31.2 Å². The third-order valence-corrected chi connectivity index (χ3v) is 4.06. The van der Waals surface area contributed by atoms with Gasteiger partial charge in [0.25, 0.3) is 0 Å². The van der Waals surface area contributed by atoms with Crippen molar-refractivity contribution >= 4 is 28.9 Å². The molecule has 106 valence electrons. The van der Waals surface area contributed by atoms with Crippen molar-refractivity contribution in [1.29, 1.82) is 0 Å². The number of nitrogens with zero attached hydrogens (tertiary/aromatic N) is 1. The maximum Gasteiger partial charge on any atom is 0.347 e. The summed E-state index contributed by atoms with van der Waals surface area (Å²) >= 11 is 6.49. The van der Waals surface area contributed by atoms with Crippen LogP contribution in [-0.4, -0.2) is 22.2 Å². The molecule has 0 saturated carbocycles. The summed E-state index contributed by atoms with van der Waals surface area (Å²) in [6.45, 7) is 2.19. The maximum absolute atomic E-state index is 11.7. The molecule has 20 heavy (non-hydrogen) atoms. The van der Waals surface area contributed by atoms with Crippen molar-refractivity contribution in [2.45, 2.75) is 13.5 Å². The van der Waals surface area contributed by atoms with E-state index in [-0.39, 0.29) is 16.4 Å². The lowest BCUT2D eigenvalue weighted by Crippen LogP contribution is -2.19. The molecule has 0 spiro atoms. The monoisotopic (exact) mass is 313 g/mol. The Kier molecular flexibility index (Phi) is 4.46. The summed E-state index contributed by atoms with van der Waals surface area (Å²) in [5.74, 6) is -0.434. The summed E-state index contributed by atoms with van der Waals surface area (Å²) in [5, 5.41) is 9.57. The zero-order chi connectivity index (χ0) is 14.7. The Bertz CT molecular complexity index is 675. The lowest BCUT2D eigenvalue weighted by Gasteiger charge is -2.08. The normalized spacial score (nSPS) is 10.5. The van der Waals surface area contributed by atoms with Crippen molar-refractivity contribution in [3.8, 4) is 5.75 Å². The lowest BCUT2D eigenvalue weighted by atomic mass is 10.3. The molecule has 0 aliphatic rings. The van der Waals surface area contributed by atoms with E-state index in [9.17, 15) is 9.59 Å². The van der Waals surface area contributed by atoms with Crippen LogP contribution in [0.1, 0.15) is 15.4 Å². The van der Waals surface area contributed by atoms with E-state index in [1.807, 2.05) is 0 Å². The smallest absolute Gasteiger partial charge is 0.347 e. The Hall–Kier alpha value is -1.79. The number of carbonyl (C=O) groups is 1. The van der Waals surface area contributed by atoms with Gasteiger partial charge in [0.05, 0.1) is 6.54 Å². The molecule has 7 heteroatoms. The van der Waals surface area contributed by atoms with Crippen molar-refractivity contribution in [2.75, 3.05) is 6.61 Å². The number of carboxylic acids is 1. The van der Waals surface area contributed by atoms with Crippen LogP contribution in [0.4, 0.5) is 0 Å². The van der Waals surface area contributed by atoms with Gasteiger partial charge in [0.15, 0.2) is 0 Å². The van der Waals surface area contributed by atoms with Gasteiger partial charge in [0.2, 0.25) is 0 Å². The molecule has 1 aromatic carbocycles. The third-order valence-electron chi connectivity index (χ3n) is 2.73. The van der Waals surface area contributed by atoms with Crippen LogP contribution in [0, 0.1) is 6.92 Å². The van der Waals surface area contributed by atoms with E-state index in [2.05, 4.69) is 0 Å². The average molecular weight is 314 g/mol. The van der Waals surface area contributed by atoms with Crippen molar-refractivity contribution in [1.82, 2.24) is 4.57 Å². The zero-order valence-electron chi connectivity index (χ0n) is 10.6. The molecule has 0 radical (unpaired) electrons. The lowest BCUT2D eigenvalue weighted by molar-refractivity contribution is 0.0700. The summed E-state index contributed by atoms with van der Waals surface area (Å²) in [6, 6.07) is 6.88. The van der Waals surface area contributed by atoms with E-state index in [4.69, 9.17) is 21.4 Å². The first kappa shape index (κ1) is 14.6. The number of hydrogen-bond acceptors (Lipinski definition) is 4. The van der Waals surface area contributed by atoms with Crippen LogP contribution in [-0.2, 0) is 6.54 Å². The molecule has 0 fully saturated rings. The topological polar surface area (TPSA) is 68.5 Å². The minimum absolute atomic E-state index is 0.0708. The van der Waals surface area contributed by atoms with E-state index in [1.54, 1.807) is 31.2 Å². The highest BCUT2D eigenvalue weighted by Crippen LogP contribution is 2.16. The number of aromatic nitrogens is 1. The number of carboxylic acid groups (broad SMARTS) is 1. The minimum atomic E-state index is -1.08. The summed E-state index contributed by atoms with van der Waals surface area (Å²) in [6.07, 6.45) is 0. The van der Waals surface area contributed by atoms with Crippen molar-refractivity contribution in [3.63, 3.8) is 0 Å². The Labute approximate surface area is 124 Å². The molecular formula is C13H12ClNO4S. The van der Waals surface area contributed by atoms with Crippen LogP contribution in [0.25, 0.3) is 0 Å². The Morgan fingerprint density at radius 2 is 2.05 bits per heavy atom. The first-order valence-electron chi connectivity index (χ1n) is 5.81. The summed E-state index contributed by atoms with van der Waals surface area (Å²) in [7, 11) is 0. The van der Waals surface area contributed by atoms with Gasteiger partial charge in [-0.3, -0.25) is 9.36 Å². The van der Waals surface area contributed by atoms with Crippen LogP contribution in [0.3, 0.4) is 0 Å². The highest BCUT2D eigenvalue weighted by atomic mass is 35.5. The van der Waals surface area contributed by atoms with Gasteiger partial charge in [-0.1, -0.05) is 22.9 Å². The van der Waals surface area contributed by atoms with Crippen LogP contribution in [0.5, 0.6) is 5.75 Å². The van der Waals surface area contributed by atoms with E-state index in [0.29, 0.717) is 23.0 Å². The molecule has 1 N–H and O–H groups in total. The van der Waals surface area contributed by atoms with Gasteiger partial charge in [-0.25, -0.2) is 4.79 Å². The van der Waals surface area contributed by atoms with Gasteiger partial charge in [-0.2, -0.15) is 0 Å². The molecule has 5 nitrogen and oxygen atoms in total. The second-order valence-electron chi connectivity index (χ2n) is 4.04. The standard InChI is InChI=1S/C13H12ClNO4S/c1-8-11(12(16)17)20-13(18)15(8)6-7-19-10-4-2-9(14)3-5-10/h2-5H,6-7H2,1H3,(H,16,17). The Morgan fingerprint density at radius 1 is 1.40 bits per heavy atom. The molecule has 0 bridgehead atoms. The average Bonchev–Trinajstić information content (AvgIpc) is 2.69. The fourth-order valence-electron chi connectivity index (χ4n) is 1.72. The molecule has 0 saturated heterocycles. The molecule has 1 heterocycles. The molecule has 1 aromatic heterocycles. The molecular weight excluding hydrogens is 302 g/mol. The molecule has 0 aliphatic carbocycles. The van der Waals surface area contributed by atoms with Crippen molar-refractivity contribution in [2.24, 2.45) is 0 Å². The van der Waals surface area contributed by atoms with Gasteiger partial charge in [0, 0.05) is 10.7 Å². The fourth-order valence-corrected chi connectivity index (χ4v) is 2.70. The minimum Gasteiger partial charge on any atom is -0.492 e. The quantitative estimate of drug-likeness (QED) is 0.921. The van der Waals surface area contributed by atoms with E-state index < -0.39 is 5.97 Å². The van der Waals surface area contributed by atoms with Crippen molar-refractivity contribution in [3.05, 3.63) is 49.5 Å². The highest BCUT2D eigenvalue weighted by molar-refractivity contribution is 7.11. The number of halogens is 1. The predicted octanol–water partition coefficient (Wildman–Crippen LogP) is 2.65. The van der Waals surface area contributed by atoms with Crippen LogP contribution >= 0.6 is 22.9 Å². The summed E-state index contributed by atoms with van der Waals surface area (Å²) in [4.78, 5) is 22.4. The first-order chi connectivity index (χ1) is 9.49. The molecule has 0 aliphatic heterocycles. The van der Waals surface area contributed by atoms with E-state index in [0.717, 1.165) is 11.3 Å². The summed E-state index contributed by atoms with van der Waals surface area (Å²) in [5.41, 5.74) is 0.451. The SMILES string of the molecule is Cc1c(C(=O)O)sc(=O)n1CCOc1ccc(Cl)cc1. The molecule has 0 amide bonds. The number of benzene rings is 1. The number of ether oxygens (including phenoxy) is 1. The molecule has 2 rings (SSSR count). The largest absolute Gasteiger partial charge is 0.492 e. The van der Waals surface area contributed by atoms with Crippen LogP contribution in [0.15, 0.2) is 29.1 Å². The van der Waals surface area contributed by atoms with Crippen LogP contribution < -0.4 is 9.61 Å². The Balaban J connectivity index is 2.03. The second kappa shape index (κ2) is 6.11. The Morgan fingerprint density at radius 3 is 2.60 bits per heavy atom. The maximum atomic E-state index is 11.7. The molecule has 0 atom stereocenters. The summed E-state index contributed by atoms with van der Waals surface area (Å²) < 4.78 is 6.89. The molecule has 2 aromatic rings.